The largest absolute Gasteiger partial charge is 0.479 e. The number of carbonyl (C=O) groups excluding carboxylic acids is 1. The van der Waals surface area contributed by atoms with Crippen LogP contribution in [0.25, 0.3) is 0 Å². The second-order valence-electron chi connectivity index (χ2n) is 3.38. The molecule has 18 heavy (non-hydrogen) atoms. The molecule has 98 valence electrons. The second kappa shape index (κ2) is 7.32. The Morgan fingerprint density at radius 1 is 1.11 bits per heavy atom. The SMILES string of the molecule is CCOC(=O)c1ccc(ON=C(C)OCC)cc1. The van der Waals surface area contributed by atoms with E-state index in [-0.39, 0.29) is 5.97 Å². The summed E-state index contributed by atoms with van der Waals surface area (Å²) in [7, 11) is 0. The maximum Gasteiger partial charge on any atom is 0.338 e. The first-order valence-electron chi connectivity index (χ1n) is 5.79. The highest BCUT2D eigenvalue weighted by atomic mass is 16.6. The summed E-state index contributed by atoms with van der Waals surface area (Å²) in [6.45, 7) is 6.24. The van der Waals surface area contributed by atoms with Crippen LogP contribution in [0.2, 0.25) is 0 Å². The molecule has 0 fully saturated rings. The van der Waals surface area contributed by atoms with E-state index in [1.54, 1.807) is 38.1 Å². The Bertz CT molecular complexity index is 412. The maximum absolute atomic E-state index is 11.4. The molecular formula is C13H17NO4. The van der Waals surface area contributed by atoms with E-state index in [0.717, 1.165) is 0 Å². The molecule has 0 aliphatic rings. The summed E-state index contributed by atoms with van der Waals surface area (Å²) >= 11 is 0. The third-order valence-corrected chi connectivity index (χ3v) is 2.00. The number of esters is 1. The zero-order valence-corrected chi connectivity index (χ0v) is 10.8. The van der Waals surface area contributed by atoms with Crippen molar-refractivity contribution in [2.45, 2.75) is 20.8 Å². The molecule has 0 atom stereocenters. The Morgan fingerprint density at radius 2 is 1.72 bits per heavy atom. The van der Waals surface area contributed by atoms with Gasteiger partial charge in [0.05, 0.1) is 18.8 Å². The predicted octanol–water partition coefficient (Wildman–Crippen LogP) is 2.61. The molecule has 5 nitrogen and oxygen atoms in total. The molecule has 0 aliphatic heterocycles. The van der Waals surface area contributed by atoms with Crippen molar-refractivity contribution < 1.29 is 19.1 Å². The number of oxime groups is 1. The van der Waals surface area contributed by atoms with Gasteiger partial charge in [0.25, 0.3) is 0 Å². The fraction of sp³-hybridized carbons (Fsp3) is 0.385. The van der Waals surface area contributed by atoms with Gasteiger partial charge in [-0.2, -0.15) is 0 Å². The molecule has 1 rings (SSSR count). The van der Waals surface area contributed by atoms with Crippen LogP contribution >= 0.6 is 0 Å². The van der Waals surface area contributed by atoms with Gasteiger partial charge in [0.1, 0.15) is 0 Å². The maximum atomic E-state index is 11.4. The van der Waals surface area contributed by atoms with Crippen molar-refractivity contribution in [3.05, 3.63) is 29.8 Å². The van der Waals surface area contributed by atoms with Gasteiger partial charge in [0.15, 0.2) is 5.75 Å². The van der Waals surface area contributed by atoms with Crippen LogP contribution in [0.1, 0.15) is 31.1 Å². The van der Waals surface area contributed by atoms with Crippen molar-refractivity contribution in [3.63, 3.8) is 0 Å². The standard InChI is InChI=1S/C13H17NO4/c1-4-16-10(3)14-18-12-8-6-11(7-9-12)13(15)17-5-2/h6-9H,4-5H2,1-3H3. The van der Waals surface area contributed by atoms with Crippen LogP contribution < -0.4 is 4.84 Å². The molecule has 0 amide bonds. The van der Waals surface area contributed by atoms with Gasteiger partial charge in [-0.3, -0.25) is 0 Å². The van der Waals surface area contributed by atoms with E-state index in [1.807, 2.05) is 6.92 Å². The van der Waals surface area contributed by atoms with E-state index < -0.39 is 0 Å². The zero-order valence-electron chi connectivity index (χ0n) is 10.8. The van der Waals surface area contributed by atoms with Gasteiger partial charge in [-0.25, -0.2) is 4.79 Å². The van der Waals surface area contributed by atoms with Crippen LogP contribution in [0.4, 0.5) is 0 Å². The molecule has 0 N–H and O–H groups in total. The van der Waals surface area contributed by atoms with Crippen molar-refractivity contribution in [3.8, 4) is 5.75 Å². The molecule has 0 spiro atoms. The Labute approximate surface area is 106 Å². The van der Waals surface area contributed by atoms with Gasteiger partial charge < -0.3 is 14.3 Å². The van der Waals surface area contributed by atoms with Gasteiger partial charge >= 0.3 is 5.97 Å². The lowest BCUT2D eigenvalue weighted by molar-refractivity contribution is 0.0526. The number of carbonyl (C=O) groups is 1. The average Bonchev–Trinajstić information content (AvgIpc) is 2.37. The lowest BCUT2D eigenvalue weighted by Crippen LogP contribution is -2.04. The Balaban J connectivity index is 2.60. The van der Waals surface area contributed by atoms with Crippen molar-refractivity contribution in [1.29, 1.82) is 0 Å². The molecule has 0 saturated heterocycles. The smallest absolute Gasteiger partial charge is 0.338 e. The van der Waals surface area contributed by atoms with E-state index in [4.69, 9.17) is 14.3 Å². The number of hydrogen-bond acceptors (Lipinski definition) is 5. The first-order chi connectivity index (χ1) is 8.67. The minimum absolute atomic E-state index is 0.349. The summed E-state index contributed by atoms with van der Waals surface area (Å²) < 4.78 is 9.98. The minimum Gasteiger partial charge on any atom is -0.479 e. The van der Waals surface area contributed by atoms with Crippen LogP contribution in [0, 0.1) is 0 Å². The van der Waals surface area contributed by atoms with Gasteiger partial charge in [-0.15, -0.1) is 0 Å². The first-order valence-corrected chi connectivity index (χ1v) is 5.79. The number of rotatable bonds is 5. The minimum atomic E-state index is -0.349. The Morgan fingerprint density at radius 3 is 2.28 bits per heavy atom. The van der Waals surface area contributed by atoms with Crippen molar-refractivity contribution >= 4 is 11.9 Å². The van der Waals surface area contributed by atoms with Crippen molar-refractivity contribution in [1.82, 2.24) is 0 Å². The van der Waals surface area contributed by atoms with E-state index in [1.165, 1.54) is 0 Å². The van der Waals surface area contributed by atoms with Gasteiger partial charge in [-0.05, 0) is 43.3 Å². The third kappa shape index (κ3) is 4.45. The molecule has 0 aliphatic carbocycles. The lowest BCUT2D eigenvalue weighted by atomic mass is 10.2. The van der Waals surface area contributed by atoms with E-state index in [2.05, 4.69) is 5.16 Å². The van der Waals surface area contributed by atoms with E-state index in [0.29, 0.717) is 30.4 Å². The lowest BCUT2D eigenvalue weighted by Gasteiger charge is -2.04. The molecule has 0 heterocycles. The number of benzene rings is 1. The molecule has 5 heteroatoms. The number of hydrogen-bond donors (Lipinski definition) is 0. The molecule has 0 aromatic heterocycles. The summed E-state index contributed by atoms with van der Waals surface area (Å²) in [5, 5.41) is 3.77. The topological polar surface area (TPSA) is 57.1 Å². The zero-order chi connectivity index (χ0) is 13.4. The van der Waals surface area contributed by atoms with E-state index >= 15 is 0 Å². The average molecular weight is 251 g/mol. The quantitative estimate of drug-likeness (QED) is 0.349. The van der Waals surface area contributed by atoms with Crippen LogP contribution in [-0.4, -0.2) is 25.1 Å². The van der Waals surface area contributed by atoms with Crippen LogP contribution in [0.5, 0.6) is 5.75 Å². The highest BCUT2D eigenvalue weighted by molar-refractivity contribution is 5.89. The van der Waals surface area contributed by atoms with Crippen LogP contribution in [0.15, 0.2) is 29.4 Å². The summed E-state index contributed by atoms with van der Waals surface area (Å²) in [5.74, 6) is 0.632. The first kappa shape index (κ1) is 14.0. The predicted molar refractivity (Wildman–Crippen MR) is 67.8 cm³/mol. The normalized spacial score (nSPS) is 10.9. The monoisotopic (exact) mass is 251 g/mol. The Hall–Kier alpha value is -2.04. The highest BCUT2D eigenvalue weighted by Gasteiger charge is 2.05. The van der Waals surface area contributed by atoms with Crippen LogP contribution in [-0.2, 0) is 9.47 Å². The van der Waals surface area contributed by atoms with E-state index in [9.17, 15) is 4.79 Å². The van der Waals surface area contributed by atoms with Gasteiger partial charge in [0, 0.05) is 6.92 Å². The van der Waals surface area contributed by atoms with Gasteiger partial charge in [-0.1, -0.05) is 0 Å². The molecule has 1 aromatic rings. The number of ether oxygens (including phenoxy) is 2. The van der Waals surface area contributed by atoms with Crippen molar-refractivity contribution in [2.24, 2.45) is 5.16 Å². The third-order valence-electron chi connectivity index (χ3n) is 2.00. The molecule has 0 saturated carbocycles. The molecule has 0 radical (unpaired) electrons. The summed E-state index contributed by atoms with van der Waals surface area (Å²) in [6, 6.07) is 6.54. The summed E-state index contributed by atoms with van der Waals surface area (Å²) in [5.41, 5.74) is 0.481. The highest BCUT2D eigenvalue weighted by Crippen LogP contribution is 2.13. The second-order valence-corrected chi connectivity index (χ2v) is 3.38. The van der Waals surface area contributed by atoms with Crippen molar-refractivity contribution in [2.75, 3.05) is 13.2 Å². The molecule has 0 unspecified atom stereocenters. The van der Waals surface area contributed by atoms with Crippen LogP contribution in [0.3, 0.4) is 0 Å². The molecular weight excluding hydrogens is 234 g/mol. The Kier molecular flexibility index (Phi) is 5.70. The number of nitrogens with zero attached hydrogens (tertiary/aromatic N) is 1. The van der Waals surface area contributed by atoms with Gasteiger partial charge in [0.2, 0.25) is 5.90 Å². The fourth-order valence-corrected chi connectivity index (χ4v) is 1.22. The molecule has 0 bridgehead atoms. The summed E-state index contributed by atoms with van der Waals surface area (Å²) in [4.78, 5) is 16.5. The fourth-order valence-electron chi connectivity index (χ4n) is 1.22. The summed E-state index contributed by atoms with van der Waals surface area (Å²) in [6.07, 6.45) is 0. The molecule has 1 aromatic carbocycles.